The molecule has 1 spiro atoms. The number of rotatable bonds is 10. The first-order valence-corrected chi connectivity index (χ1v) is 20.7. The average molecular weight is 829 g/mol. The number of benzene rings is 4. The van der Waals surface area contributed by atoms with Crippen LogP contribution in [0.4, 0.5) is 10.5 Å². The number of carbonyl (C=O) groups excluding carboxylic acids is 3. The van der Waals surface area contributed by atoms with E-state index in [2.05, 4.69) is 11.8 Å². The molecule has 1 aliphatic carbocycles. The van der Waals surface area contributed by atoms with Gasteiger partial charge < -0.3 is 34.3 Å². The van der Waals surface area contributed by atoms with Gasteiger partial charge >= 0.3 is 18.0 Å². The van der Waals surface area contributed by atoms with Gasteiger partial charge in [0.15, 0.2) is 0 Å². The van der Waals surface area contributed by atoms with E-state index in [4.69, 9.17) is 18.9 Å². The number of anilines is 1. The Hall–Kier alpha value is -6.04. The number of morpholine rings is 1. The molecule has 2 saturated heterocycles. The second-order valence-electron chi connectivity index (χ2n) is 15.9. The van der Waals surface area contributed by atoms with Crippen molar-refractivity contribution < 1.29 is 53.4 Å². The van der Waals surface area contributed by atoms with Crippen molar-refractivity contribution in [2.75, 3.05) is 38.4 Å². The molecule has 3 fully saturated rings. The zero-order valence-electron chi connectivity index (χ0n) is 33.8. The van der Waals surface area contributed by atoms with Crippen LogP contribution in [0, 0.1) is 17.8 Å². The molecule has 6 atom stereocenters. The summed E-state index contributed by atoms with van der Waals surface area (Å²) in [6.45, 7) is -0.362. The van der Waals surface area contributed by atoms with Crippen molar-refractivity contribution in [3.63, 3.8) is 0 Å². The van der Waals surface area contributed by atoms with E-state index in [1.165, 1.54) is 7.11 Å². The number of ether oxygens (including phenoxy) is 4. The molecule has 3 aliphatic heterocycles. The van der Waals surface area contributed by atoms with Crippen molar-refractivity contribution in [3.8, 4) is 17.6 Å². The molecule has 0 unspecified atom stereocenters. The molecule has 3 heterocycles. The maximum Gasteiger partial charge on any atom is 0.421 e. The Morgan fingerprint density at radius 2 is 1.49 bits per heavy atom. The summed E-state index contributed by atoms with van der Waals surface area (Å²) in [7, 11) is 1.44. The summed E-state index contributed by atoms with van der Waals surface area (Å²) in [5.74, 6) is 1.60. The lowest BCUT2D eigenvalue weighted by Crippen LogP contribution is -2.53. The third kappa shape index (κ3) is 7.54. The Morgan fingerprint density at radius 1 is 0.820 bits per heavy atom. The average Bonchev–Trinajstić information content (AvgIpc) is 3.61. The van der Waals surface area contributed by atoms with Gasteiger partial charge in [0, 0.05) is 12.7 Å². The minimum absolute atomic E-state index is 0.0214. The molecular weight excluding hydrogens is 781 g/mol. The number of methoxy groups -OCH3 is 1. The predicted molar refractivity (Wildman–Crippen MR) is 221 cm³/mol. The first-order valence-electron chi connectivity index (χ1n) is 20.7. The van der Waals surface area contributed by atoms with E-state index in [1.807, 2.05) is 60.7 Å². The van der Waals surface area contributed by atoms with E-state index in [0.717, 1.165) is 30.6 Å². The monoisotopic (exact) mass is 828 g/mol. The van der Waals surface area contributed by atoms with Crippen molar-refractivity contribution in [1.29, 1.82) is 0 Å². The molecule has 13 heteroatoms. The number of cyclic esters (lactones) is 1. The lowest BCUT2D eigenvalue weighted by atomic mass is 9.65. The second-order valence-corrected chi connectivity index (χ2v) is 15.9. The SMILES string of the molecule is COCCOC(=O)N1C(=O)[C@@]2(c3cc(C#CC4(O)CCCCCC4)ccc31)[C@H](C(=O)O)[C@H]1C(=O)O[C@H](c3ccccc3)[C@H](c3ccccc3)N1[C@@H]2c1ccc(OCCO)cc1. The number of hydrogen-bond acceptors (Lipinski definition) is 11. The van der Waals surface area contributed by atoms with Crippen LogP contribution in [0.5, 0.6) is 5.75 Å². The number of carboxylic acids is 1. The highest BCUT2D eigenvalue weighted by molar-refractivity contribution is 6.23. The highest BCUT2D eigenvalue weighted by Crippen LogP contribution is 2.66. The smallest absolute Gasteiger partial charge is 0.421 e. The number of hydrogen-bond donors (Lipinski definition) is 3. The summed E-state index contributed by atoms with van der Waals surface area (Å²) in [6, 6.07) is 26.3. The molecule has 0 radical (unpaired) electrons. The van der Waals surface area contributed by atoms with Gasteiger partial charge in [-0.05, 0) is 78.3 Å². The summed E-state index contributed by atoms with van der Waals surface area (Å²) in [5, 5.41) is 32.5. The third-order valence-corrected chi connectivity index (χ3v) is 12.3. The normalized spacial score (nSPS) is 25.4. The van der Waals surface area contributed by atoms with Crippen molar-refractivity contribution in [2.24, 2.45) is 5.92 Å². The summed E-state index contributed by atoms with van der Waals surface area (Å²) in [5.41, 5.74) is -1.00. The Balaban J connectivity index is 1.41. The number of aliphatic hydroxyl groups is 2. The van der Waals surface area contributed by atoms with Crippen LogP contribution in [0.25, 0.3) is 0 Å². The molecule has 4 aromatic carbocycles. The number of aliphatic hydroxyl groups excluding tert-OH is 1. The van der Waals surface area contributed by atoms with Gasteiger partial charge in [-0.2, -0.15) is 0 Å². The highest BCUT2D eigenvalue weighted by Gasteiger charge is 2.76. The summed E-state index contributed by atoms with van der Waals surface area (Å²) >= 11 is 0. The zero-order chi connectivity index (χ0) is 42.7. The highest BCUT2D eigenvalue weighted by atomic mass is 16.6. The first kappa shape index (κ1) is 41.7. The summed E-state index contributed by atoms with van der Waals surface area (Å²) in [4.78, 5) is 61.7. The van der Waals surface area contributed by atoms with E-state index in [1.54, 1.807) is 47.4 Å². The number of imide groups is 1. The van der Waals surface area contributed by atoms with Gasteiger partial charge in [-0.1, -0.05) is 97.5 Å². The third-order valence-electron chi connectivity index (χ3n) is 12.3. The van der Waals surface area contributed by atoms with E-state index in [0.29, 0.717) is 40.8 Å². The lowest BCUT2D eigenvalue weighted by Gasteiger charge is -2.46. The molecule has 0 bridgehead atoms. The minimum atomic E-state index is -2.17. The lowest BCUT2D eigenvalue weighted by molar-refractivity contribution is -0.179. The molecule has 3 N–H and O–H groups in total. The van der Waals surface area contributed by atoms with Crippen LogP contribution in [-0.2, 0) is 34.0 Å². The Kier molecular flexibility index (Phi) is 12.0. The number of carbonyl (C=O) groups is 4. The number of aliphatic carboxylic acids is 1. The zero-order valence-corrected chi connectivity index (χ0v) is 33.8. The minimum Gasteiger partial charge on any atom is -0.491 e. The van der Waals surface area contributed by atoms with Crippen LogP contribution in [0.15, 0.2) is 103 Å². The summed E-state index contributed by atoms with van der Waals surface area (Å²) in [6.07, 6.45) is 2.62. The molecule has 61 heavy (non-hydrogen) atoms. The van der Waals surface area contributed by atoms with Gasteiger partial charge in [0.2, 0.25) is 5.91 Å². The van der Waals surface area contributed by atoms with E-state index in [9.17, 15) is 29.7 Å². The number of fused-ring (bicyclic) bond motifs is 3. The topological polar surface area (TPSA) is 172 Å². The fourth-order valence-electron chi connectivity index (χ4n) is 9.76. The number of esters is 1. The van der Waals surface area contributed by atoms with Crippen LogP contribution < -0.4 is 9.64 Å². The molecule has 0 aromatic heterocycles. The van der Waals surface area contributed by atoms with Crippen molar-refractivity contribution in [2.45, 2.75) is 73.8 Å². The largest absolute Gasteiger partial charge is 0.491 e. The van der Waals surface area contributed by atoms with Crippen molar-refractivity contribution in [1.82, 2.24) is 4.90 Å². The van der Waals surface area contributed by atoms with Crippen LogP contribution in [0.2, 0.25) is 0 Å². The molecule has 2 amide bonds. The maximum absolute atomic E-state index is 15.8. The standard InChI is InChI=1S/C48H48N2O11/c1-58-28-29-60-46(56)49-37-21-16-31(22-25-47(57)23-10-2-3-11-24-47)30-36(37)48(45(49)55)38(43(52)53)40-44(54)61-41(33-14-8-5-9-15-33)39(32-12-6-4-7-13-32)50(40)42(48)34-17-19-35(20-18-34)59-27-26-51/h4-9,12-21,30,38-42,51,57H,2-3,10-11,23-24,26-29H2,1H3,(H,52,53)/t38-,39-,40-,41+,42+,48-/m0/s1. The Morgan fingerprint density at radius 3 is 2.13 bits per heavy atom. The molecular formula is C48H48N2O11. The van der Waals surface area contributed by atoms with E-state index < -0.39 is 65.1 Å². The number of carboxylic acid groups (broad SMARTS) is 1. The maximum atomic E-state index is 15.8. The van der Waals surface area contributed by atoms with Gasteiger partial charge in [-0.25, -0.2) is 9.69 Å². The molecule has 4 aliphatic rings. The fraction of sp³-hybridized carbons (Fsp3) is 0.375. The molecule has 8 rings (SSSR count). The fourth-order valence-corrected chi connectivity index (χ4v) is 9.76. The Labute approximate surface area is 353 Å². The van der Waals surface area contributed by atoms with Crippen LogP contribution in [-0.4, -0.2) is 89.3 Å². The quantitative estimate of drug-likeness (QED) is 0.0735. The van der Waals surface area contributed by atoms with E-state index in [-0.39, 0.29) is 37.7 Å². The number of amides is 2. The van der Waals surface area contributed by atoms with Gasteiger partial charge in [0.1, 0.15) is 48.0 Å². The Bertz CT molecular complexity index is 2320. The molecule has 1 saturated carbocycles. The molecule has 4 aromatic rings. The van der Waals surface area contributed by atoms with Crippen LogP contribution >= 0.6 is 0 Å². The van der Waals surface area contributed by atoms with Crippen LogP contribution in [0.1, 0.15) is 84.5 Å². The second kappa shape index (κ2) is 17.5. The van der Waals surface area contributed by atoms with Crippen molar-refractivity contribution >= 4 is 29.6 Å². The molecule has 316 valence electrons. The van der Waals surface area contributed by atoms with Gasteiger partial charge in [-0.3, -0.25) is 19.3 Å². The molecule has 13 nitrogen and oxygen atoms in total. The first-order chi connectivity index (χ1) is 29.6. The summed E-state index contributed by atoms with van der Waals surface area (Å²) < 4.78 is 22.7. The van der Waals surface area contributed by atoms with Crippen LogP contribution in [0.3, 0.4) is 0 Å². The predicted octanol–water partition coefficient (Wildman–Crippen LogP) is 6.03. The van der Waals surface area contributed by atoms with Gasteiger partial charge in [0.25, 0.3) is 0 Å². The van der Waals surface area contributed by atoms with Crippen molar-refractivity contribution in [3.05, 3.63) is 131 Å². The van der Waals surface area contributed by atoms with Gasteiger partial charge in [0.05, 0.1) is 31.0 Å². The number of nitrogens with zero attached hydrogens (tertiary/aromatic N) is 2. The van der Waals surface area contributed by atoms with E-state index >= 15 is 4.79 Å². The van der Waals surface area contributed by atoms with Gasteiger partial charge in [-0.15, -0.1) is 0 Å².